The molecule has 1 aromatic rings. The first-order valence-corrected chi connectivity index (χ1v) is 10.5. The molecule has 0 aromatic carbocycles. The summed E-state index contributed by atoms with van der Waals surface area (Å²) in [5, 5.41) is 25.1. The van der Waals surface area contributed by atoms with Crippen LogP contribution in [0, 0.1) is 0 Å². The normalized spacial score (nSPS) is 19.9. The summed E-state index contributed by atoms with van der Waals surface area (Å²) in [6, 6.07) is 0. The Morgan fingerprint density at radius 1 is 1.34 bits per heavy atom. The molecule has 3 N–H and O–H groups in total. The van der Waals surface area contributed by atoms with Crippen molar-refractivity contribution in [2.45, 2.75) is 32.1 Å². The largest absolute Gasteiger partial charge is 0.508 e. The third kappa shape index (κ3) is 5.06. The number of aromatic carboxylic acids is 1. The lowest BCUT2D eigenvalue weighted by Gasteiger charge is -2.16. The third-order valence-electron chi connectivity index (χ3n) is 4.97. The minimum Gasteiger partial charge on any atom is -0.508 e. The van der Waals surface area contributed by atoms with E-state index in [1.54, 1.807) is 18.4 Å². The molecule has 1 aromatic heterocycles. The molecular weight excluding hydrogens is 382 g/mol. The lowest BCUT2D eigenvalue weighted by atomic mass is 9.88. The Kier molecular flexibility index (Phi) is 6.73. The van der Waals surface area contributed by atoms with Gasteiger partial charge in [0.05, 0.1) is 5.56 Å². The molecule has 0 spiro atoms. The van der Waals surface area contributed by atoms with Crippen LogP contribution in [-0.2, 0) is 6.42 Å². The molecule has 0 saturated heterocycles. The lowest BCUT2D eigenvalue weighted by Crippen LogP contribution is -2.07. The van der Waals surface area contributed by atoms with Crippen LogP contribution in [0.1, 0.15) is 46.5 Å². The number of hydrogen-bond acceptors (Lipinski definition) is 4. The fourth-order valence-electron chi connectivity index (χ4n) is 3.32. The van der Waals surface area contributed by atoms with Gasteiger partial charge in [-0.15, -0.1) is 11.3 Å². The third-order valence-corrected chi connectivity index (χ3v) is 5.99. The van der Waals surface area contributed by atoms with Gasteiger partial charge in [0.15, 0.2) is 0 Å². The Labute approximate surface area is 175 Å². The van der Waals surface area contributed by atoms with Gasteiger partial charge in [-0.25, -0.2) is 4.79 Å². The van der Waals surface area contributed by atoms with E-state index in [1.807, 2.05) is 23.6 Å². The molecule has 0 radical (unpaired) electrons. The molecule has 0 fully saturated rings. The SMILES string of the molecule is C=C(/C=C1/C=CC=CN1)C(O)=CCc1scc(C2C=CC(CC)=CC2)c1C(=O)O. The first kappa shape index (κ1) is 20.7. The molecule has 0 bridgehead atoms. The molecule has 1 atom stereocenters. The van der Waals surface area contributed by atoms with E-state index in [9.17, 15) is 15.0 Å². The maximum absolute atomic E-state index is 11.9. The quantitative estimate of drug-likeness (QED) is 0.387. The van der Waals surface area contributed by atoms with Crippen molar-refractivity contribution in [3.05, 3.63) is 105 Å². The van der Waals surface area contributed by atoms with E-state index in [1.165, 1.54) is 16.9 Å². The molecule has 1 unspecified atom stereocenters. The number of carboxylic acid groups (broad SMARTS) is 1. The number of nitrogens with one attached hydrogen (secondary N) is 1. The standard InChI is InChI=1S/C24H25NO3S/c1-3-17-7-9-18(10-8-17)20-15-29-22(23(20)24(27)28)12-11-21(26)16(2)14-19-6-4-5-13-25-19/h4-9,11,13-15,18,25-26H,2-3,10,12H2,1H3,(H,27,28)/b19-14-,21-11?. The van der Waals surface area contributed by atoms with E-state index in [0.29, 0.717) is 17.6 Å². The Morgan fingerprint density at radius 3 is 2.79 bits per heavy atom. The zero-order valence-corrected chi connectivity index (χ0v) is 17.2. The number of thiophene rings is 1. The number of hydrogen-bond donors (Lipinski definition) is 3. The van der Waals surface area contributed by atoms with Crippen molar-refractivity contribution < 1.29 is 15.0 Å². The molecule has 5 heteroatoms. The second-order valence-electron chi connectivity index (χ2n) is 6.91. The van der Waals surface area contributed by atoms with Crippen LogP contribution in [0.4, 0.5) is 0 Å². The molecular formula is C24H25NO3S. The van der Waals surface area contributed by atoms with Gasteiger partial charge in [0.25, 0.3) is 0 Å². The highest BCUT2D eigenvalue weighted by Crippen LogP contribution is 2.35. The molecule has 1 aliphatic carbocycles. The van der Waals surface area contributed by atoms with Gasteiger partial charge >= 0.3 is 5.97 Å². The van der Waals surface area contributed by atoms with Gasteiger partial charge in [0.1, 0.15) is 5.76 Å². The second kappa shape index (κ2) is 9.43. The van der Waals surface area contributed by atoms with Crippen molar-refractivity contribution in [2.24, 2.45) is 0 Å². The first-order valence-electron chi connectivity index (χ1n) is 9.60. The minimum absolute atomic E-state index is 0.0432. The molecule has 4 nitrogen and oxygen atoms in total. The van der Waals surface area contributed by atoms with Gasteiger partial charge in [-0.2, -0.15) is 0 Å². The number of carbonyl (C=O) groups is 1. The van der Waals surface area contributed by atoms with Crippen LogP contribution in [0.5, 0.6) is 0 Å². The van der Waals surface area contributed by atoms with E-state index in [0.717, 1.165) is 29.0 Å². The van der Waals surface area contributed by atoms with Crippen LogP contribution < -0.4 is 5.32 Å². The van der Waals surface area contributed by atoms with Crippen molar-refractivity contribution in [3.63, 3.8) is 0 Å². The molecule has 3 rings (SSSR count). The number of carboxylic acids is 1. The van der Waals surface area contributed by atoms with Crippen molar-refractivity contribution in [1.29, 1.82) is 0 Å². The minimum atomic E-state index is -0.924. The summed E-state index contributed by atoms with van der Waals surface area (Å²) in [4.78, 5) is 12.7. The zero-order valence-electron chi connectivity index (χ0n) is 16.4. The van der Waals surface area contributed by atoms with E-state index >= 15 is 0 Å². The van der Waals surface area contributed by atoms with Crippen LogP contribution in [0.2, 0.25) is 0 Å². The average molecular weight is 408 g/mol. The van der Waals surface area contributed by atoms with Crippen LogP contribution >= 0.6 is 11.3 Å². The van der Waals surface area contributed by atoms with Gasteiger partial charge in [-0.3, -0.25) is 0 Å². The summed E-state index contributed by atoms with van der Waals surface area (Å²) >= 11 is 1.43. The van der Waals surface area contributed by atoms with E-state index in [-0.39, 0.29) is 11.7 Å². The monoisotopic (exact) mass is 407 g/mol. The van der Waals surface area contributed by atoms with Crippen LogP contribution in [0.25, 0.3) is 0 Å². The van der Waals surface area contributed by atoms with E-state index < -0.39 is 5.97 Å². The summed E-state index contributed by atoms with van der Waals surface area (Å²) in [5.41, 5.74) is 3.77. The van der Waals surface area contributed by atoms with E-state index in [2.05, 4.69) is 37.0 Å². The van der Waals surface area contributed by atoms with Gasteiger partial charge in [-0.1, -0.05) is 43.4 Å². The number of dihydropyridines is 1. The van der Waals surface area contributed by atoms with Crippen LogP contribution in [0.3, 0.4) is 0 Å². The maximum Gasteiger partial charge on any atom is 0.337 e. The molecule has 0 saturated carbocycles. The van der Waals surface area contributed by atoms with Crippen molar-refractivity contribution >= 4 is 17.3 Å². The van der Waals surface area contributed by atoms with Crippen LogP contribution in [0.15, 0.2) is 89.4 Å². The van der Waals surface area contributed by atoms with Gasteiger partial charge in [0.2, 0.25) is 0 Å². The second-order valence-corrected chi connectivity index (χ2v) is 7.87. The predicted octanol–water partition coefficient (Wildman–Crippen LogP) is 5.92. The van der Waals surface area contributed by atoms with E-state index in [4.69, 9.17) is 0 Å². The van der Waals surface area contributed by atoms with Gasteiger partial charge in [0, 0.05) is 34.7 Å². The predicted molar refractivity (Wildman–Crippen MR) is 119 cm³/mol. The van der Waals surface area contributed by atoms with Crippen molar-refractivity contribution in [2.75, 3.05) is 0 Å². The van der Waals surface area contributed by atoms with Gasteiger partial charge in [-0.05, 0) is 48.1 Å². The number of allylic oxidation sites excluding steroid dienone is 9. The Balaban J connectivity index is 1.76. The first-order chi connectivity index (χ1) is 14.0. The van der Waals surface area contributed by atoms with Gasteiger partial charge < -0.3 is 15.5 Å². The molecule has 0 amide bonds. The number of rotatable bonds is 7. The summed E-state index contributed by atoms with van der Waals surface area (Å²) in [5.74, 6) is -0.801. The lowest BCUT2D eigenvalue weighted by molar-refractivity contribution is 0.0695. The molecule has 2 aliphatic rings. The Hall–Kier alpha value is -3.05. The Morgan fingerprint density at radius 2 is 2.17 bits per heavy atom. The topological polar surface area (TPSA) is 69.6 Å². The fraction of sp³-hybridized carbons (Fsp3) is 0.208. The molecule has 1 aliphatic heterocycles. The maximum atomic E-state index is 11.9. The zero-order chi connectivity index (χ0) is 20.8. The average Bonchev–Trinajstić information content (AvgIpc) is 3.17. The highest BCUT2D eigenvalue weighted by Gasteiger charge is 2.23. The number of aliphatic hydroxyl groups excluding tert-OH is 1. The van der Waals surface area contributed by atoms with Crippen molar-refractivity contribution in [3.8, 4) is 0 Å². The summed E-state index contributed by atoms with van der Waals surface area (Å²) in [7, 11) is 0. The molecule has 150 valence electrons. The summed E-state index contributed by atoms with van der Waals surface area (Å²) in [6.07, 6.45) is 19.3. The Bertz CT molecular complexity index is 986. The molecule has 2 heterocycles. The number of aliphatic hydroxyl groups is 1. The summed E-state index contributed by atoms with van der Waals surface area (Å²) in [6.45, 7) is 6.00. The highest BCUT2D eigenvalue weighted by molar-refractivity contribution is 7.10. The highest BCUT2D eigenvalue weighted by atomic mass is 32.1. The summed E-state index contributed by atoms with van der Waals surface area (Å²) < 4.78 is 0. The molecule has 29 heavy (non-hydrogen) atoms. The van der Waals surface area contributed by atoms with Crippen LogP contribution in [-0.4, -0.2) is 16.2 Å². The fourth-order valence-corrected chi connectivity index (χ4v) is 4.38. The smallest absolute Gasteiger partial charge is 0.337 e. The van der Waals surface area contributed by atoms with Crippen molar-refractivity contribution in [1.82, 2.24) is 5.32 Å².